The van der Waals surface area contributed by atoms with Gasteiger partial charge >= 0.3 is 0 Å². The van der Waals surface area contributed by atoms with Crippen LogP contribution in [0.4, 0.5) is 5.69 Å². The zero-order chi connectivity index (χ0) is 70.5. The summed E-state index contributed by atoms with van der Waals surface area (Å²) in [6.45, 7) is 3.92. The van der Waals surface area contributed by atoms with Crippen LogP contribution in [0.1, 0.15) is 13.8 Å². The number of anilines is 1. The molecular formula is C77H53Cl3N10O9S3. The Morgan fingerprint density at radius 1 is 0.500 bits per heavy atom. The van der Waals surface area contributed by atoms with Crippen molar-refractivity contribution in [3.63, 3.8) is 0 Å². The van der Waals surface area contributed by atoms with Gasteiger partial charge in [-0.25, -0.2) is 36.5 Å². The van der Waals surface area contributed by atoms with Gasteiger partial charge in [0, 0.05) is 113 Å². The fourth-order valence-corrected chi connectivity index (χ4v) is 17.6. The van der Waals surface area contributed by atoms with Gasteiger partial charge in [-0.2, -0.15) is 0 Å². The molecular weight excluding hydrogens is 1410 g/mol. The number of fused-ring (bicyclic) bond motifs is 6. The molecule has 6 aromatic carbocycles. The third kappa shape index (κ3) is 12.1. The van der Waals surface area contributed by atoms with Gasteiger partial charge in [-0.05, 0) is 126 Å². The van der Waals surface area contributed by atoms with Crippen molar-refractivity contribution < 1.29 is 26.1 Å². The fourth-order valence-electron chi connectivity index (χ4n) is 13.2. The van der Waals surface area contributed by atoms with Crippen molar-refractivity contribution >= 4 is 137 Å². The van der Waals surface area contributed by atoms with Gasteiger partial charge in [0.2, 0.25) is 11.1 Å². The van der Waals surface area contributed by atoms with Crippen LogP contribution >= 0.6 is 34.8 Å². The average molecular weight is 1460 g/mol. The van der Waals surface area contributed by atoms with E-state index in [1.807, 2.05) is 109 Å². The normalized spacial score (nSPS) is 13.2. The van der Waals surface area contributed by atoms with E-state index in [0.717, 1.165) is 10.9 Å². The smallest absolute Gasteiger partial charge is 0.268 e. The van der Waals surface area contributed by atoms with E-state index < -0.39 is 42.2 Å². The van der Waals surface area contributed by atoms with Crippen molar-refractivity contribution in [1.82, 2.24) is 44.9 Å². The lowest BCUT2D eigenvalue weighted by molar-refractivity contribution is -0.0204. The number of halogens is 3. The number of hydrogen-bond acceptors (Lipinski definition) is 16. The minimum absolute atomic E-state index is 0.0361. The highest BCUT2D eigenvalue weighted by Crippen LogP contribution is 2.47. The molecule has 9 aromatic heterocycles. The first-order chi connectivity index (χ1) is 49.3. The molecule has 15 aromatic rings. The summed E-state index contributed by atoms with van der Waals surface area (Å²) >= 11 is 19.9. The largest absolute Gasteiger partial charge is 0.593 e. The Hall–Kier alpha value is -10.5. The molecule has 0 amide bonds. The number of hydrogen-bond donors (Lipinski definition) is 4. The number of sulfone groups is 2. The number of nitrogens with one attached hydrogen (secondary N) is 4. The van der Waals surface area contributed by atoms with Crippen LogP contribution in [0.3, 0.4) is 0 Å². The van der Waals surface area contributed by atoms with Gasteiger partial charge in [0.1, 0.15) is 33.3 Å². The zero-order valence-electron chi connectivity index (χ0n) is 53.8. The van der Waals surface area contributed by atoms with E-state index in [2.05, 4.69) is 24.7 Å². The molecule has 0 saturated carbocycles. The van der Waals surface area contributed by atoms with Gasteiger partial charge in [0.05, 0.1) is 89.7 Å². The van der Waals surface area contributed by atoms with Crippen LogP contribution in [0.25, 0.3) is 155 Å². The van der Waals surface area contributed by atoms with Crippen LogP contribution in [-0.2, 0) is 35.8 Å². The summed E-state index contributed by atoms with van der Waals surface area (Å²) in [7, 11) is -8.20. The van der Waals surface area contributed by atoms with Crippen molar-refractivity contribution in [2.24, 2.45) is 5.92 Å². The molecule has 1 aliphatic heterocycles. The molecule has 4 N–H and O–H groups in total. The zero-order valence-corrected chi connectivity index (χ0v) is 58.5. The average Bonchev–Trinajstić information content (AvgIpc) is 0.746. The van der Waals surface area contributed by atoms with Crippen molar-refractivity contribution in [3.05, 3.63) is 241 Å². The molecule has 0 spiro atoms. The molecule has 1 aliphatic rings. The predicted molar refractivity (Wildman–Crippen MR) is 405 cm³/mol. The Balaban J connectivity index is 0.830. The van der Waals surface area contributed by atoms with Crippen LogP contribution in [-0.4, -0.2) is 96.7 Å². The van der Waals surface area contributed by atoms with Crippen LogP contribution in [0.2, 0.25) is 15.1 Å². The van der Waals surface area contributed by atoms with E-state index in [4.69, 9.17) is 64.5 Å². The summed E-state index contributed by atoms with van der Waals surface area (Å²) in [5, 5.41) is 3.89. The molecule has 1 unspecified atom stereocenters. The molecule has 1 saturated heterocycles. The van der Waals surface area contributed by atoms with Gasteiger partial charge in [0.25, 0.3) is 5.56 Å². The molecule has 0 radical (unpaired) electrons. The van der Waals surface area contributed by atoms with E-state index in [-0.39, 0.29) is 84.7 Å². The maximum absolute atomic E-state index is 15.0. The van der Waals surface area contributed by atoms with Crippen LogP contribution in [0, 0.1) is 5.92 Å². The first-order valence-corrected chi connectivity index (χ1v) is 37.9. The molecule has 1 fully saturated rings. The van der Waals surface area contributed by atoms with Crippen LogP contribution in [0.5, 0.6) is 0 Å². The summed E-state index contributed by atoms with van der Waals surface area (Å²) < 4.78 is 79.3. The lowest BCUT2D eigenvalue weighted by atomic mass is 9.93. The molecule has 0 bridgehead atoms. The number of ether oxygens (including phenoxy) is 1. The molecule has 0 aliphatic carbocycles. The number of aromatic nitrogens is 9. The van der Waals surface area contributed by atoms with Crippen molar-refractivity contribution in [2.75, 3.05) is 35.2 Å². The minimum atomic E-state index is -4.18. The SMILES string of the molecule is CC[S+]([O-])Nc1c(-c2cc(Cl)c3ncc(-c4cccc(-c5nc6[nH]c(=O)ccc6c(S(=O)(=O)CC)c5-c5cc(Cl)c6ncc(-c7cccc(-c8nc9[nH]c(=O)c(S(=O)(=O)CC%10COC%10)cc9cc8-c8cc(Cl)c9ncccc9c8)c7)cc6c5)c4)cc3c2)c(-c2ccccc2)nc2[nH]c(=O)ccc12. The molecule has 25 heteroatoms. The standard InChI is InChI=1S/C77H53Cl3N10O9S3/c1-3-100(94)90-72-55-18-20-62(91)84-75(55)87-70(41-11-6-5-7-12-41)64(72)48-26-50-28-54(36-82-68(50)59(79)32-48)43-14-9-16-46(24-43)71-65(73(101(95,96)4-2)56-19-21-63(92)85-76(56)88-71)49-27-51-29-53(35-83-69(51)60(80)33-49)42-13-8-15-44(23-42)66-57(47-25-45-17-10-22-81-67(45)58(78)31-47)30-52-34-61(77(93)89-74(52)86-66)102(97,98)39-40-37-99-38-40/h5-36,40H,3-4,37-39H2,1-2H3,(H,85,88,92)(H,86,89,93)(H2,84,87,90,91). The highest BCUT2D eigenvalue weighted by atomic mass is 35.5. The second-order valence-corrected chi connectivity index (χ2v) is 31.6. The summed E-state index contributed by atoms with van der Waals surface area (Å²) in [5.74, 6) is -0.515. The number of rotatable bonds is 16. The van der Waals surface area contributed by atoms with E-state index >= 15 is 0 Å². The van der Waals surface area contributed by atoms with Gasteiger partial charge in [0.15, 0.2) is 19.7 Å². The second-order valence-electron chi connectivity index (χ2n) is 24.7. The molecule has 10 heterocycles. The number of H-pyrrole nitrogens is 3. The molecule has 19 nitrogen and oxygen atoms in total. The van der Waals surface area contributed by atoms with Crippen LogP contribution < -0.4 is 21.4 Å². The first-order valence-electron chi connectivity index (χ1n) is 32.2. The number of aromatic amines is 3. The van der Waals surface area contributed by atoms with Gasteiger partial charge in [-0.1, -0.05) is 115 Å². The lowest BCUT2D eigenvalue weighted by Gasteiger charge is -2.25. The Labute approximate surface area is 598 Å². The highest BCUT2D eigenvalue weighted by molar-refractivity contribution is 7.92. The summed E-state index contributed by atoms with van der Waals surface area (Å²) in [6, 6.07) is 51.6. The highest BCUT2D eigenvalue weighted by Gasteiger charge is 2.32. The summed E-state index contributed by atoms with van der Waals surface area (Å²) in [5.41, 5.74) is 9.34. The monoisotopic (exact) mass is 1460 g/mol. The Morgan fingerprint density at radius 2 is 1.04 bits per heavy atom. The Morgan fingerprint density at radius 3 is 1.66 bits per heavy atom. The number of pyridine rings is 9. The van der Waals surface area contributed by atoms with Crippen molar-refractivity contribution in [2.45, 2.75) is 23.6 Å². The van der Waals surface area contributed by atoms with Gasteiger partial charge in [-0.3, -0.25) is 29.3 Å². The molecule has 102 heavy (non-hydrogen) atoms. The maximum Gasteiger partial charge on any atom is 0.268 e. The topological polar surface area (TPSA) is 289 Å². The minimum Gasteiger partial charge on any atom is -0.593 e. The summed E-state index contributed by atoms with van der Waals surface area (Å²) in [6.07, 6.45) is 5.02. The Kier molecular flexibility index (Phi) is 16.9. The van der Waals surface area contributed by atoms with E-state index in [1.54, 1.807) is 74.9 Å². The predicted octanol–water partition coefficient (Wildman–Crippen LogP) is 15.6. The van der Waals surface area contributed by atoms with Gasteiger partial charge < -0.3 is 24.2 Å². The second kappa shape index (κ2) is 26.1. The quantitative estimate of drug-likeness (QED) is 0.0654. The van der Waals surface area contributed by atoms with E-state index in [0.29, 0.717) is 132 Å². The van der Waals surface area contributed by atoms with E-state index in [9.17, 15) is 35.8 Å². The number of nitrogens with zero attached hydrogens (tertiary/aromatic N) is 6. The maximum atomic E-state index is 15.0. The van der Waals surface area contributed by atoms with Crippen LogP contribution in [0.15, 0.2) is 219 Å². The lowest BCUT2D eigenvalue weighted by Crippen LogP contribution is -2.35. The van der Waals surface area contributed by atoms with Crippen molar-refractivity contribution in [1.29, 1.82) is 0 Å². The first kappa shape index (κ1) is 66.0. The molecule has 16 rings (SSSR count). The third-order valence-electron chi connectivity index (χ3n) is 18.2. The fraction of sp³-hybridized carbons (Fsp3) is 0.104. The molecule has 1 atom stereocenters. The Bertz CT molecular complexity index is 6500. The molecule has 504 valence electrons. The number of benzene rings is 6. The van der Waals surface area contributed by atoms with Gasteiger partial charge in [-0.15, -0.1) is 0 Å². The third-order valence-corrected chi connectivity index (χ3v) is 23.7. The summed E-state index contributed by atoms with van der Waals surface area (Å²) in [4.78, 5) is 77.1. The van der Waals surface area contributed by atoms with E-state index in [1.165, 1.54) is 24.3 Å². The van der Waals surface area contributed by atoms with Crippen molar-refractivity contribution in [3.8, 4) is 89.4 Å².